The first-order chi connectivity index (χ1) is 13.3. The lowest BCUT2D eigenvalue weighted by atomic mass is 10.1. The van der Waals surface area contributed by atoms with Crippen LogP contribution >= 0.6 is 79.5 Å². The Labute approximate surface area is 209 Å². The number of nitrogens with one attached hydrogen (secondary N) is 1. The van der Waals surface area contributed by atoms with Crippen LogP contribution in [0.2, 0.25) is 0 Å². The molecule has 144 valence electrons. The standard InChI is InChI=1S/C20H15I3N2O2S/c1-3-6-27-18-12(8-14(22)10-15(18)23)9-17-19(26)25(20(24)28-17)16-5-4-13(21)7-11(16)2/h3-5,7-10,24H,1,6H2,2H3/b17-9+,24-20?. The Morgan fingerprint density at radius 1 is 1.21 bits per heavy atom. The van der Waals surface area contributed by atoms with Crippen LogP contribution in [0.3, 0.4) is 0 Å². The highest BCUT2D eigenvalue weighted by Gasteiger charge is 2.34. The van der Waals surface area contributed by atoms with Gasteiger partial charge in [0.15, 0.2) is 5.17 Å². The van der Waals surface area contributed by atoms with Crippen LogP contribution in [-0.4, -0.2) is 17.7 Å². The van der Waals surface area contributed by atoms with Crippen molar-refractivity contribution in [1.82, 2.24) is 0 Å². The Kier molecular flexibility index (Phi) is 7.48. The van der Waals surface area contributed by atoms with Crippen LogP contribution in [-0.2, 0) is 4.79 Å². The minimum Gasteiger partial charge on any atom is -0.488 e. The van der Waals surface area contributed by atoms with Gasteiger partial charge in [-0.2, -0.15) is 0 Å². The number of rotatable bonds is 5. The number of carbonyl (C=O) groups is 1. The number of amidine groups is 1. The third kappa shape index (κ3) is 4.75. The molecule has 1 aliphatic rings. The fraction of sp³-hybridized carbons (Fsp3) is 0.100. The maximum Gasteiger partial charge on any atom is 0.271 e. The molecule has 0 aliphatic carbocycles. The highest BCUT2D eigenvalue weighted by atomic mass is 127. The smallest absolute Gasteiger partial charge is 0.271 e. The van der Waals surface area contributed by atoms with Crippen molar-refractivity contribution in [1.29, 1.82) is 5.41 Å². The average molecular weight is 728 g/mol. The summed E-state index contributed by atoms with van der Waals surface area (Å²) in [6.45, 7) is 6.04. The molecule has 0 aromatic heterocycles. The van der Waals surface area contributed by atoms with Crippen molar-refractivity contribution in [2.45, 2.75) is 6.92 Å². The van der Waals surface area contributed by atoms with Gasteiger partial charge in [0.1, 0.15) is 12.4 Å². The summed E-state index contributed by atoms with van der Waals surface area (Å²) in [4.78, 5) is 15.1. The van der Waals surface area contributed by atoms with Crippen LogP contribution in [0.1, 0.15) is 11.1 Å². The number of hydrogen-bond donors (Lipinski definition) is 1. The second kappa shape index (κ2) is 9.47. The summed E-state index contributed by atoms with van der Waals surface area (Å²) in [6.07, 6.45) is 3.50. The van der Waals surface area contributed by atoms with E-state index in [2.05, 4.69) is 74.4 Å². The molecule has 1 amide bonds. The molecule has 3 rings (SSSR count). The van der Waals surface area contributed by atoms with Gasteiger partial charge in [0.05, 0.1) is 14.2 Å². The molecule has 2 aromatic carbocycles. The number of ether oxygens (including phenoxy) is 1. The van der Waals surface area contributed by atoms with Gasteiger partial charge in [0.2, 0.25) is 0 Å². The number of aryl methyl sites for hydroxylation is 1. The van der Waals surface area contributed by atoms with Crippen LogP contribution in [0.25, 0.3) is 6.08 Å². The largest absolute Gasteiger partial charge is 0.488 e. The van der Waals surface area contributed by atoms with E-state index in [1.807, 2.05) is 43.3 Å². The van der Waals surface area contributed by atoms with Gasteiger partial charge >= 0.3 is 0 Å². The fourth-order valence-corrected chi connectivity index (χ4v) is 6.24. The van der Waals surface area contributed by atoms with Gasteiger partial charge < -0.3 is 4.74 Å². The van der Waals surface area contributed by atoms with E-state index in [4.69, 9.17) is 10.1 Å². The summed E-state index contributed by atoms with van der Waals surface area (Å²) in [5, 5.41) is 8.55. The Bertz CT molecular complexity index is 1020. The molecule has 0 spiro atoms. The summed E-state index contributed by atoms with van der Waals surface area (Å²) < 4.78 is 8.94. The van der Waals surface area contributed by atoms with Gasteiger partial charge in [-0.05, 0) is 128 Å². The first-order valence-electron chi connectivity index (χ1n) is 8.13. The Hall–Kier alpha value is -0.600. The third-order valence-corrected chi connectivity index (χ3v) is 6.88. The Morgan fingerprint density at radius 3 is 2.64 bits per heavy atom. The van der Waals surface area contributed by atoms with Crippen LogP contribution in [0, 0.1) is 23.0 Å². The first kappa shape index (κ1) is 22.1. The van der Waals surface area contributed by atoms with Crippen molar-refractivity contribution >= 4 is 102 Å². The number of thioether (sulfide) groups is 1. The average Bonchev–Trinajstić information content (AvgIpc) is 2.88. The lowest BCUT2D eigenvalue weighted by Crippen LogP contribution is -2.28. The molecule has 1 fully saturated rings. The molecule has 4 nitrogen and oxygen atoms in total. The predicted octanol–water partition coefficient (Wildman–Crippen LogP) is 6.43. The molecule has 1 aliphatic heterocycles. The van der Waals surface area contributed by atoms with Gasteiger partial charge in [0, 0.05) is 12.7 Å². The normalized spacial score (nSPS) is 15.4. The van der Waals surface area contributed by atoms with Crippen molar-refractivity contribution in [2.24, 2.45) is 0 Å². The molecule has 8 heteroatoms. The number of hydrogen-bond acceptors (Lipinski definition) is 4. The fourth-order valence-electron chi connectivity index (χ4n) is 2.70. The maximum atomic E-state index is 13.1. The topological polar surface area (TPSA) is 53.4 Å². The van der Waals surface area contributed by atoms with Gasteiger partial charge in [-0.3, -0.25) is 15.1 Å². The van der Waals surface area contributed by atoms with E-state index in [1.54, 1.807) is 6.08 Å². The first-order valence-corrected chi connectivity index (χ1v) is 12.2. The lowest BCUT2D eigenvalue weighted by Gasteiger charge is -2.17. The van der Waals surface area contributed by atoms with E-state index >= 15 is 0 Å². The number of benzene rings is 2. The van der Waals surface area contributed by atoms with Gasteiger partial charge in [-0.1, -0.05) is 12.7 Å². The van der Waals surface area contributed by atoms with Crippen molar-refractivity contribution in [3.8, 4) is 5.75 Å². The molecule has 2 aromatic rings. The number of anilines is 1. The lowest BCUT2D eigenvalue weighted by molar-refractivity contribution is -0.113. The second-order valence-electron chi connectivity index (χ2n) is 5.89. The summed E-state index contributed by atoms with van der Waals surface area (Å²) in [5.41, 5.74) is 2.53. The zero-order valence-corrected chi connectivity index (χ0v) is 22.1. The molecule has 0 unspecified atom stereocenters. The highest BCUT2D eigenvalue weighted by molar-refractivity contribution is 14.1. The van der Waals surface area contributed by atoms with Crippen LogP contribution in [0.5, 0.6) is 5.75 Å². The number of amides is 1. The summed E-state index contributed by atoms with van der Waals surface area (Å²) in [6, 6.07) is 9.84. The van der Waals surface area contributed by atoms with Crippen LogP contribution in [0.4, 0.5) is 5.69 Å². The van der Waals surface area contributed by atoms with E-state index in [0.29, 0.717) is 11.5 Å². The second-order valence-corrected chi connectivity index (χ2v) is 10.6. The predicted molar refractivity (Wildman–Crippen MR) is 142 cm³/mol. The summed E-state index contributed by atoms with van der Waals surface area (Å²) >= 11 is 7.88. The molecule has 1 N–H and O–H groups in total. The van der Waals surface area contributed by atoms with E-state index < -0.39 is 0 Å². The summed E-state index contributed by atoms with van der Waals surface area (Å²) in [7, 11) is 0. The molecule has 1 heterocycles. The molecule has 1 saturated heterocycles. The number of nitrogens with zero attached hydrogens (tertiary/aromatic N) is 1. The molecular formula is C20H15I3N2O2S. The molecular weight excluding hydrogens is 713 g/mol. The van der Waals surface area contributed by atoms with Crippen molar-refractivity contribution in [3.63, 3.8) is 0 Å². The van der Waals surface area contributed by atoms with E-state index in [9.17, 15) is 4.79 Å². The van der Waals surface area contributed by atoms with Gasteiger partial charge in [-0.25, -0.2) is 0 Å². The van der Waals surface area contributed by atoms with Crippen molar-refractivity contribution < 1.29 is 9.53 Å². The van der Waals surface area contributed by atoms with Crippen molar-refractivity contribution in [2.75, 3.05) is 11.5 Å². The van der Waals surface area contributed by atoms with Crippen LogP contribution < -0.4 is 9.64 Å². The molecule has 0 radical (unpaired) electrons. The van der Waals surface area contributed by atoms with Gasteiger partial charge in [0.25, 0.3) is 5.91 Å². The monoisotopic (exact) mass is 728 g/mol. The summed E-state index contributed by atoms with van der Waals surface area (Å²) in [5.74, 6) is 0.528. The SMILES string of the molecule is C=CCOc1c(I)cc(I)cc1/C=C1/SC(=N)N(c2ccc(I)cc2C)C1=O. The Balaban J connectivity index is 2.01. The Morgan fingerprint density at radius 2 is 1.96 bits per heavy atom. The number of halogens is 3. The van der Waals surface area contributed by atoms with Crippen molar-refractivity contribution in [3.05, 3.63) is 69.7 Å². The minimum atomic E-state index is -0.192. The zero-order valence-electron chi connectivity index (χ0n) is 14.8. The zero-order chi connectivity index (χ0) is 20.4. The van der Waals surface area contributed by atoms with E-state index in [-0.39, 0.29) is 11.1 Å². The number of carbonyl (C=O) groups excluding carboxylic acids is 1. The van der Waals surface area contributed by atoms with E-state index in [1.165, 1.54) is 16.7 Å². The minimum absolute atomic E-state index is 0.192. The molecule has 0 saturated carbocycles. The van der Waals surface area contributed by atoms with Crippen LogP contribution in [0.15, 0.2) is 47.9 Å². The van der Waals surface area contributed by atoms with Gasteiger partial charge in [-0.15, -0.1) is 0 Å². The highest BCUT2D eigenvalue weighted by Crippen LogP contribution is 2.39. The molecule has 28 heavy (non-hydrogen) atoms. The van der Waals surface area contributed by atoms with E-state index in [0.717, 1.165) is 33.3 Å². The molecule has 0 bridgehead atoms. The quantitative estimate of drug-likeness (QED) is 0.220. The maximum absolute atomic E-state index is 13.1. The molecule has 0 atom stereocenters. The third-order valence-electron chi connectivity index (χ3n) is 3.89.